The lowest BCUT2D eigenvalue weighted by molar-refractivity contribution is 0.415. The van der Waals surface area contributed by atoms with Crippen LogP contribution in [0.1, 0.15) is 0 Å². The van der Waals surface area contributed by atoms with Crippen LogP contribution in [0.25, 0.3) is 28.1 Å². The molecule has 1 heterocycles. The molecule has 0 spiro atoms. The first kappa shape index (κ1) is 20.9. The molecule has 0 saturated heterocycles. The van der Waals surface area contributed by atoms with E-state index >= 15 is 0 Å². The summed E-state index contributed by atoms with van der Waals surface area (Å²) in [4.78, 5) is 0. The minimum absolute atomic E-state index is 0.683. The number of ether oxygens (including phenoxy) is 1. The van der Waals surface area contributed by atoms with Crippen molar-refractivity contribution in [3.8, 4) is 33.8 Å². The van der Waals surface area contributed by atoms with Gasteiger partial charge < -0.3 is 10.1 Å². The Kier molecular flexibility index (Phi) is 5.83. The maximum atomic E-state index is 6.17. The third kappa shape index (κ3) is 4.34. The molecule has 1 aromatic heterocycles. The number of methoxy groups -OCH3 is 1. The molecule has 0 aliphatic carbocycles. The number of anilines is 2. The number of nitrogens with one attached hydrogen (secondary N) is 1. The quantitative estimate of drug-likeness (QED) is 0.288. The Bertz CT molecular complexity index is 1350. The van der Waals surface area contributed by atoms with Crippen LogP contribution in [-0.4, -0.2) is 16.9 Å². The summed E-state index contributed by atoms with van der Waals surface area (Å²) >= 11 is 6.17. The van der Waals surface area contributed by atoms with Gasteiger partial charge in [0, 0.05) is 16.3 Å². The lowest BCUT2D eigenvalue weighted by Crippen LogP contribution is -2.03. The molecule has 162 valence electrons. The van der Waals surface area contributed by atoms with E-state index in [4.69, 9.17) is 21.4 Å². The highest BCUT2D eigenvalue weighted by Crippen LogP contribution is 2.40. The van der Waals surface area contributed by atoms with Gasteiger partial charge in [-0.05, 0) is 54.1 Å². The molecule has 0 aliphatic rings. The van der Waals surface area contributed by atoms with Gasteiger partial charge >= 0.3 is 0 Å². The maximum absolute atomic E-state index is 6.17. The van der Waals surface area contributed by atoms with Crippen LogP contribution < -0.4 is 10.1 Å². The SMILES string of the molecule is COc1ccc(Nc2c(-c3ccccc3)c(-c3ccccc3)nn2-c2ccc(Cl)cc2)cc1. The van der Waals surface area contributed by atoms with Crippen molar-refractivity contribution >= 4 is 23.1 Å². The van der Waals surface area contributed by atoms with E-state index in [1.165, 1.54) is 0 Å². The van der Waals surface area contributed by atoms with E-state index in [0.717, 1.165) is 45.3 Å². The molecule has 0 unspecified atom stereocenters. The fourth-order valence-electron chi connectivity index (χ4n) is 3.79. The topological polar surface area (TPSA) is 39.1 Å². The van der Waals surface area contributed by atoms with Crippen LogP contribution in [0.15, 0.2) is 109 Å². The van der Waals surface area contributed by atoms with Gasteiger partial charge in [-0.1, -0.05) is 72.3 Å². The molecule has 1 N–H and O–H groups in total. The standard InChI is InChI=1S/C28H22ClN3O/c1-33-25-18-14-23(15-19-25)30-28-26(20-8-4-2-5-9-20)27(21-10-6-3-7-11-21)31-32(28)24-16-12-22(29)13-17-24/h2-19,30H,1H3. The second kappa shape index (κ2) is 9.23. The van der Waals surface area contributed by atoms with E-state index in [1.807, 2.05) is 89.6 Å². The molecule has 0 atom stereocenters. The summed E-state index contributed by atoms with van der Waals surface area (Å²) < 4.78 is 7.26. The summed E-state index contributed by atoms with van der Waals surface area (Å²) in [6.07, 6.45) is 0. The van der Waals surface area contributed by atoms with Crippen LogP contribution in [0, 0.1) is 0 Å². The van der Waals surface area contributed by atoms with Gasteiger partial charge in [-0.2, -0.15) is 5.10 Å². The Morgan fingerprint density at radius 1 is 0.727 bits per heavy atom. The van der Waals surface area contributed by atoms with Gasteiger partial charge in [0.2, 0.25) is 0 Å². The Balaban J connectivity index is 1.75. The average molecular weight is 452 g/mol. The minimum atomic E-state index is 0.683. The van der Waals surface area contributed by atoms with Crippen LogP contribution in [0.2, 0.25) is 5.02 Å². The molecule has 33 heavy (non-hydrogen) atoms. The number of benzene rings is 4. The van der Waals surface area contributed by atoms with Gasteiger partial charge in [-0.25, -0.2) is 4.68 Å². The smallest absolute Gasteiger partial charge is 0.142 e. The molecule has 4 nitrogen and oxygen atoms in total. The summed E-state index contributed by atoms with van der Waals surface area (Å²) in [5, 5.41) is 9.36. The van der Waals surface area contributed by atoms with Crippen molar-refractivity contribution in [2.45, 2.75) is 0 Å². The number of hydrogen-bond donors (Lipinski definition) is 1. The second-order valence-electron chi connectivity index (χ2n) is 7.55. The van der Waals surface area contributed by atoms with Crippen molar-refractivity contribution in [3.05, 3.63) is 114 Å². The first-order chi connectivity index (χ1) is 16.2. The van der Waals surface area contributed by atoms with Crippen molar-refractivity contribution < 1.29 is 4.74 Å². The van der Waals surface area contributed by atoms with Crippen LogP contribution in [0.4, 0.5) is 11.5 Å². The van der Waals surface area contributed by atoms with Gasteiger partial charge in [0.15, 0.2) is 0 Å². The largest absolute Gasteiger partial charge is 0.497 e. The highest BCUT2D eigenvalue weighted by atomic mass is 35.5. The fourth-order valence-corrected chi connectivity index (χ4v) is 3.92. The van der Waals surface area contributed by atoms with E-state index < -0.39 is 0 Å². The van der Waals surface area contributed by atoms with Crippen LogP contribution in [0.5, 0.6) is 5.75 Å². The van der Waals surface area contributed by atoms with Gasteiger partial charge in [0.05, 0.1) is 18.4 Å². The van der Waals surface area contributed by atoms with E-state index in [-0.39, 0.29) is 0 Å². The van der Waals surface area contributed by atoms with Crippen molar-refractivity contribution in [2.75, 3.05) is 12.4 Å². The third-order valence-corrected chi connectivity index (χ3v) is 5.67. The summed E-state index contributed by atoms with van der Waals surface area (Å²) in [5.74, 6) is 1.67. The van der Waals surface area contributed by atoms with E-state index in [9.17, 15) is 0 Å². The predicted octanol–water partition coefficient (Wildman–Crippen LogP) is 7.61. The van der Waals surface area contributed by atoms with Gasteiger partial charge in [0.1, 0.15) is 17.3 Å². The number of aromatic nitrogens is 2. The Morgan fingerprint density at radius 2 is 1.33 bits per heavy atom. The number of hydrogen-bond acceptors (Lipinski definition) is 3. The third-order valence-electron chi connectivity index (χ3n) is 5.42. The number of rotatable bonds is 6. The summed E-state index contributed by atoms with van der Waals surface area (Å²) in [5.41, 5.74) is 5.88. The molecule has 0 fully saturated rings. The molecule has 0 amide bonds. The number of nitrogens with zero attached hydrogens (tertiary/aromatic N) is 2. The molecule has 4 aromatic carbocycles. The van der Waals surface area contributed by atoms with E-state index in [1.54, 1.807) is 7.11 Å². The molecule has 0 aliphatic heterocycles. The zero-order valence-electron chi connectivity index (χ0n) is 18.1. The molecular weight excluding hydrogens is 430 g/mol. The highest BCUT2D eigenvalue weighted by Gasteiger charge is 2.22. The van der Waals surface area contributed by atoms with Crippen molar-refractivity contribution in [1.29, 1.82) is 0 Å². The Morgan fingerprint density at radius 3 is 1.94 bits per heavy atom. The number of halogens is 1. The first-order valence-electron chi connectivity index (χ1n) is 10.6. The summed E-state index contributed by atoms with van der Waals surface area (Å²) in [7, 11) is 1.66. The summed E-state index contributed by atoms with van der Waals surface area (Å²) in [6, 6.07) is 36.1. The highest BCUT2D eigenvalue weighted by molar-refractivity contribution is 6.30. The van der Waals surface area contributed by atoms with E-state index in [0.29, 0.717) is 5.02 Å². The van der Waals surface area contributed by atoms with E-state index in [2.05, 4.69) is 29.6 Å². The lowest BCUT2D eigenvalue weighted by Gasteiger charge is -2.13. The summed E-state index contributed by atoms with van der Waals surface area (Å²) in [6.45, 7) is 0. The Labute approximate surface area is 198 Å². The molecule has 5 aromatic rings. The van der Waals surface area contributed by atoms with Crippen LogP contribution in [0.3, 0.4) is 0 Å². The van der Waals surface area contributed by atoms with Gasteiger partial charge in [-0.15, -0.1) is 0 Å². The van der Waals surface area contributed by atoms with Gasteiger partial charge in [-0.3, -0.25) is 0 Å². The predicted molar refractivity (Wildman–Crippen MR) is 136 cm³/mol. The van der Waals surface area contributed by atoms with Crippen LogP contribution in [-0.2, 0) is 0 Å². The monoisotopic (exact) mass is 451 g/mol. The van der Waals surface area contributed by atoms with Crippen molar-refractivity contribution in [3.63, 3.8) is 0 Å². The second-order valence-corrected chi connectivity index (χ2v) is 7.98. The van der Waals surface area contributed by atoms with Gasteiger partial charge in [0.25, 0.3) is 0 Å². The molecule has 5 rings (SSSR count). The first-order valence-corrected chi connectivity index (χ1v) is 11.0. The molecule has 0 saturated carbocycles. The molecule has 0 bridgehead atoms. The fraction of sp³-hybridized carbons (Fsp3) is 0.0357. The zero-order valence-corrected chi connectivity index (χ0v) is 18.8. The molecule has 5 heteroatoms. The molecular formula is C28H22ClN3O. The lowest BCUT2D eigenvalue weighted by atomic mass is 10.0. The zero-order chi connectivity index (χ0) is 22.6. The Hall–Kier alpha value is -4.02. The van der Waals surface area contributed by atoms with Crippen LogP contribution >= 0.6 is 11.6 Å². The average Bonchev–Trinajstić information content (AvgIpc) is 3.25. The minimum Gasteiger partial charge on any atom is -0.497 e. The maximum Gasteiger partial charge on any atom is 0.142 e. The van der Waals surface area contributed by atoms with Crippen molar-refractivity contribution in [2.24, 2.45) is 0 Å². The normalized spacial score (nSPS) is 10.7. The van der Waals surface area contributed by atoms with Crippen molar-refractivity contribution in [1.82, 2.24) is 9.78 Å². The molecule has 0 radical (unpaired) electrons.